The molecular weight excluding hydrogens is 300 g/mol. The number of benzene rings is 2. The molecule has 0 atom stereocenters. The zero-order valence-electron chi connectivity index (χ0n) is 13.2. The molecule has 3 rings (SSSR count). The van der Waals surface area contributed by atoms with Crippen LogP contribution in [0.4, 0.5) is 5.69 Å². The molecule has 0 saturated heterocycles. The maximum atomic E-state index is 11.2. The van der Waals surface area contributed by atoms with E-state index in [2.05, 4.69) is 9.98 Å². The summed E-state index contributed by atoms with van der Waals surface area (Å²) in [6.45, 7) is 0. The molecule has 0 bridgehead atoms. The molecule has 4 heteroatoms. The number of hydrogen-bond acceptors (Lipinski definition) is 3. The van der Waals surface area contributed by atoms with Crippen LogP contribution in [0.15, 0.2) is 88.9 Å². The predicted octanol–water partition coefficient (Wildman–Crippen LogP) is 3.91. The van der Waals surface area contributed by atoms with Crippen LogP contribution in [-0.4, -0.2) is 24.4 Å². The molecule has 24 heavy (non-hydrogen) atoms. The molecule has 0 fully saturated rings. The summed E-state index contributed by atoms with van der Waals surface area (Å²) in [4.78, 5) is 20.5. The van der Waals surface area contributed by atoms with Crippen molar-refractivity contribution in [2.24, 2.45) is 9.98 Å². The summed E-state index contributed by atoms with van der Waals surface area (Å²) >= 11 is 0. The number of ether oxygens (including phenoxy) is 1. The molecule has 0 N–H and O–H groups in total. The van der Waals surface area contributed by atoms with Crippen molar-refractivity contribution in [1.82, 2.24) is 0 Å². The molecule has 0 aromatic heterocycles. The van der Waals surface area contributed by atoms with E-state index in [-0.39, 0.29) is 5.78 Å². The Morgan fingerprint density at radius 3 is 2.17 bits per heavy atom. The lowest BCUT2D eigenvalue weighted by Crippen LogP contribution is -2.04. The van der Waals surface area contributed by atoms with Crippen molar-refractivity contribution in [3.8, 4) is 5.75 Å². The highest BCUT2D eigenvalue weighted by Gasteiger charge is 2.06. The van der Waals surface area contributed by atoms with Gasteiger partial charge in [0.1, 0.15) is 5.75 Å². The van der Waals surface area contributed by atoms with E-state index in [0.717, 1.165) is 17.0 Å². The molecule has 0 unspecified atom stereocenters. The van der Waals surface area contributed by atoms with Crippen LogP contribution in [0.5, 0.6) is 5.75 Å². The minimum absolute atomic E-state index is 0.0395. The molecule has 0 heterocycles. The summed E-state index contributed by atoms with van der Waals surface area (Å²) in [7, 11) is 1.63. The van der Waals surface area contributed by atoms with Crippen molar-refractivity contribution in [3.05, 3.63) is 84.5 Å². The fraction of sp³-hybridized carbons (Fsp3) is 0.0500. The van der Waals surface area contributed by atoms with E-state index < -0.39 is 0 Å². The quantitative estimate of drug-likeness (QED) is 0.490. The largest absolute Gasteiger partial charge is 0.497 e. The normalized spacial score (nSPS) is 14.0. The Kier molecular flexibility index (Phi) is 4.77. The van der Waals surface area contributed by atoms with E-state index in [1.165, 1.54) is 12.2 Å². The average molecular weight is 316 g/mol. The Morgan fingerprint density at radius 2 is 1.54 bits per heavy atom. The van der Waals surface area contributed by atoms with Gasteiger partial charge in [-0.05, 0) is 48.6 Å². The van der Waals surface area contributed by atoms with E-state index in [4.69, 9.17) is 4.74 Å². The Morgan fingerprint density at radius 1 is 0.875 bits per heavy atom. The zero-order chi connectivity index (χ0) is 16.8. The van der Waals surface area contributed by atoms with Crippen LogP contribution in [0.2, 0.25) is 0 Å². The first-order chi connectivity index (χ1) is 11.7. The van der Waals surface area contributed by atoms with E-state index >= 15 is 0 Å². The van der Waals surface area contributed by atoms with E-state index in [0.29, 0.717) is 11.5 Å². The first-order valence-corrected chi connectivity index (χ1v) is 7.51. The topological polar surface area (TPSA) is 51.0 Å². The highest BCUT2D eigenvalue weighted by Crippen LogP contribution is 2.19. The summed E-state index contributed by atoms with van der Waals surface area (Å²) in [6.07, 6.45) is 6.37. The lowest BCUT2D eigenvalue weighted by molar-refractivity contribution is -0.110. The number of allylic oxidation sites excluding steroid dienone is 4. The molecule has 0 aliphatic heterocycles. The third-order valence-corrected chi connectivity index (χ3v) is 3.41. The number of nitrogens with zero attached hydrogens (tertiary/aromatic N) is 2. The first kappa shape index (κ1) is 15.6. The second kappa shape index (κ2) is 7.33. The first-order valence-electron chi connectivity index (χ1n) is 7.51. The minimum Gasteiger partial charge on any atom is -0.497 e. The monoisotopic (exact) mass is 316 g/mol. The number of amidine groups is 1. The third-order valence-electron chi connectivity index (χ3n) is 3.41. The number of carbonyl (C=O) groups excluding carboxylic acids is 1. The summed E-state index contributed by atoms with van der Waals surface area (Å²) in [5.74, 6) is 1.32. The van der Waals surface area contributed by atoms with E-state index in [1.54, 1.807) is 19.3 Å². The van der Waals surface area contributed by atoms with Crippen molar-refractivity contribution in [2.45, 2.75) is 0 Å². The number of aliphatic imine (C=N–C) groups is 2. The fourth-order valence-electron chi connectivity index (χ4n) is 2.16. The Labute approximate surface area is 140 Å². The van der Waals surface area contributed by atoms with Gasteiger partial charge >= 0.3 is 0 Å². The molecule has 0 radical (unpaired) electrons. The summed E-state index contributed by atoms with van der Waals surface area (Å²) in [5, 5.41) is 0. The van der Waals surface area contributed by atoms with Gasteiger partial charge in [0.05, 0.1) is 18.5 Å². The number of rotatable bonds is 3. The molecular formula is C20H16N2O2. The number of ketones is 1. The van der Waals surface area contributed by atoms with Crippen LogP contribution in [0.3, 0.4) is 0 Å². The van der Waals surface area contributed by atoms with Gasteiger partial charge in [-0.2, -0.15) is 0 Å². The van der Waals surface area contributed by atoms with E-state index in [9.17, 15) is 4.79 Å². The molecule has 0 saturated carbocycles. The number of methoxy groups -OCH3 is 1. The minimum atomic E-state index is -0.0395. The van der Waals surface area contributed by atoms with Gasteiger partial charge in [0, 0.05) is 5.56 Å². The van der Waals surface area contributed by atoms with Crippen molar-refractivity contribution >= 4 is 23.0 Å². The summed E-state index contributed by atoms with van der Waals surface area (Å²) in [6, 6.07) is 17.2. The zero-order valence-corrected chi connectivity index (χ0v) is 13.2. The molecule has 4 nitrogen and oxygen atoms in total. The van der Waals surface area contributed by atoms with Crippen molar-refractivity contribution in [1.29, 1.82) is 0 Å². The van der Waals surface area contributed by atoms with Gasteiger partial charge in [-0.25, -0.2) is 9.98 Å². The number of carbonyl (C=O) groups is 1. The van der Waals surface area contributed by atoms with Crippen LogP contribution in [0, 0.1) is 0 Å². The van der Waals surface area contributed by atoms with Crippen LogP contribution in [-0.2, 0) is 4.79 Å². The maximum absolute atomic E-state index is 11.2. The molecule has 2 aromatic carbocycles. The summed E-state index contributed by atoms with van der Waals surface area (Å²) in [5.41, 5.74) is 2.36. The van der Waals surface area contributed by atoms with Crippen molar-refractivity contribution < 1.29 is 9.53 Å². The lowest BCUT2D eigenvalue weighted by Gasteiger charge is -2.05. The van der Waals surface area contributed by atoms with Crippen LogP contribution < -0.4 is 4.74 Å². The standard InChI is InChI=1S/C20H16N2O2/c1-24-19-13-9-17(10-14-19)22-20(15-5-3-2-4-6-15)21-16-7-11-18(23)12-8-16/h2-14H,1H3. The second-order valence-electron chi connectivity index (χ2n) is 5.11. The highest BCUT2D eigenvalue weighted by atomic mass is 16.5. The van der Waals surface area contributed by atoms with Gasteiger partial charge < -0.3 is 4.74 Å². The highest BCUT2D eigenvalue weighted by molar-refractivity contribution is 6.21. The fourth-order valence-corrected chi connectivity index (χ4v) is 2.16. The Balaban J connectivity index is 2.00. The molecule has 1 aliphatic rings. The smallest absolute Gasteiger partial charge is 0.178 e. The lowest BCUT2D eigenvalue weighted by atomic mass is 10.1. The second-order valence-corrected chi connectivity index (χ2v) is 5.11. The van der Waals surface area contributed by atoms with Gasteiger partial charge in [0.15, 0.2) is 11.6 Å². The van der Waals surface area contributed by atoms with Crippen LogP contribution in [0.1, 0.15) is 5.56 Å². The van der Waals surface area contributed by atoms with Gasteiger partial charge in [-0.3, -0.25) is 4.79 Å². The van der Waals surface area contributed by atoms with Gasteiger partial charge in [0.25, 0.3) is 0 Å². The van der Waals surface area contributed by atoms with Gasteiger partial charge in [0.2, 0.25) is 0 Å². The molecule has 2 aromatic rings. The average Bonchev–Trinajstić information content (AvgIpc) is 2.64. The third kappa shape index (κ3) is 3.93. The van der Waals surface area contributed by atoms with E-state index in [1.807, 2.05) is 54.6 Å². The number of hydrogen-bond donors (Lipinski definition) is 0. The molecule has 1 aliphatic carbocycles. The summed E-state index contributed by atoms with van der Waals surface area (Å²) < 4.78 is 5.16. The molecule has 118 valence electrons. The predicted molar refractivity (Wildman–Crippen MR) is 96.4 cm³/mol. The maximum Gasteiger partial charge on any atom is 0.178 e. The Bertz CT molecular complexity index is 827. The molecule has 0 spiro atoms. The SMILES string of the molecule is COc1ccc(N=C(N=C2C=CC(=O)C=C2)c2ccccc2)cc1. The van der Waals surface area contributed by atoms with Gasteiger partial charge in [-0.1, -0.05) is 30.3 Å². The molecule has 0 amide bonds. The Hall–Kier alpha value is -3.27. The van der Waals surface area contributed by atoms with Crippen LogP contribution >= 0.6 is 0 Å². The van der Waals surface area contributed by atoms with Gasteiger partial charge in [-0.15, -0.1) is 0 Å². The van der Waals surface area contributed by atoms with Crippen LogP contribution in [0.25, 0.3) is 0 Å². The van der Waals surface area contributed by atoms with Crippen molar-refractivity contribution in [2.75, 3.05) is 7.11 Å². The van der Waals surface area contributed by atoms with Crippen molar-refractivity contribution in [3.63, 3.8) is 0 Å².